The molecule has 1 fully saturated rings. The maximum Gasteiger partial charge on any atom is 0.223 e. The summed E-state index contributed by atoms with van der Waals surface area (Å²) >= 11 is 1.51. The van der Waals surface area contributed by atoms with Crippen LogP contribution < -0.4 is 0 Å². The number of carbonyl (C=O) groups is 2. The van der Waals surface area contributed by atoms with Crippen LogP contribution in [0.2, 0.25) is 0 Å². The highest BCUT2D eigenvalue weighted by molar-refractivity contribution is 7.14. The standard InChI is InChI=1S/C21H34N2O3S/c1-3-4-5-6-11-23(13-12-22-14-16-26-17-15-22)21(25)10-8-19(24)20-9-7-18(2)27-20/h7,9H,3-6,8,10-17H2,1-2H3. The van der Waals surface area contributed by atoms with Crippen LogP contribution in [0.3, 0.4) is 0 Å². The molecule has 27 heavy (non-hydrogen) atoms. The molecular formula is C21H34N2O3S. The van der Waals surface area contributed by atoms with Gasteiger partial charge in [0.05, 0.1) is 18.1 Å². The minimum absolute atomic E-state index is 0.0839. The molecule has 1 aliphatic rings. The van der Waals surface area contributed by atoms with Gasteiger partial charge in [-0.3, -0.25) is 14.5 Å². The molecule has 0 aromatic carbocycles. The number of hydrogen-bond acceptors (Lipinski definition) is 5. The first-order valence-corrected chi connectivity index (χ1v) is 11.1. The summed E-state index contributed by atoms with van der Waals surface area (Å²) in [5.41, 5.74) is 0. The van der Waals surface area contributed by atoms with Crippen LogP contribution in [0.5, 0.6) is 0 Å². The van der Waals surface area contributed by atoms with Crippen molar-refractivity contribution in [3.63, 3.8) is 0 Å². The minimum Gasteiger partial charge on any atom is -0.379 e. The second-order valence-corrected chi connectivity index (χ2v) is 8.52. The molecule has 1 saturated heterocycles. The van der Waals surface area contributed by atoms with Crippen molar-refractivity contribution in [2.45, 2.75) is 52.4 Å². The first kappa shape index (κ1) is 22.1. The third-order valence-electron chi connectivity index (χ3n) is 5.01. The Labute approximate surface area is 167 Å². The Morgan fingerprint density at radius 2 is 1.89 bits per heavy atom. The second kappa shape index (κ2) is 12.3. The van der Waals surface area contributed by atoms with Gasteiger partial charge in [-0.15, -0.1) is 11.3 Å². The molecular weight excluding hydrogens is 360 g/mol. The number of aryl methyl sites for hydroxylation is 1. The van der Waals surface area contributed by atoms with E-state index in [-0.39, 0.29) is 11.7 Å². The Hall–Kier alpha value is -1.24. The minimum atomic E-state index is 0.0839. The zero-order valence-electron chi connectivity index (χ0n) is 16.9. The highest BCUT2D eigenvalue weighted by Crippen LogP contribution is 2.18. The Morgan fingerprint density at radius 3 is 2.56 bits per heavy atom. The average molecular weight is 395 g/mol. The van der Waals surface area contributed by atoms with Gasteiger partial charge in [0.2, 0.25) is 5.91 Å². The number of Topliss-reactive ketones (excluding diaryl/α,β-unsaturated/α-hetero) is 1. The summed E-state index contributed by atoms with van der Waals surface area (Å²) in [4.78, 5) is 31.3. The van der Waals surface area contributed by atoms with E-state index in [2.05, 4.69) is 11.8 Å². The molecule has 0 spiro atoms. The summed E-state index contributed by atoms with van der Waals surface area (Å²) in [5, 5.41) is 0. The molecule has 0 unspecified atom stereocenters. The Bertz CT molecular complexity index is 582. The number of amides is 1. The lowest BCUT2D eigenvalue weighted by molar-refractivity contribution is -0.131. The van der Waals surface area contributed by atoms with Gasteiger partial charge in [-0.25, -0.2) is 0 Å². The highest BCUT2D eigenvalue weighted by Gasteiger charge is 2.18. The molecule has 2 rings (SSSR count). The van der Waals surface area contributed by atoms with Crippen LogP contribution in [-0.4, -0.2) is 67.4 Å². The molecule has 0 radical (unpaired) electrons. The number of thiophene rings is 1. The molecule has 0 atom stereocenters. The zero-order valence-corrected chi connectivity index (χ0v) is 17.7. The topological polar surface area (TPSA) is 49.9 Å². The van der Waals surface area contributed by atoms with Gasteiger partial charge in [0.1, 0.15) is 0 Å². The number of rotatable bonds is 12. The van der Waals surface area contributed by atoms with E-state index in [9.17, 15) is 9.59 Å². The number of ether oxygens (including phenoxy) is 1. The van der Waals surface area contributed by atoms with E-state index < -0.39 is 0 Å². The SMILES string of the molecule is CCCCCCN(CCN1CCOCC1)C(=O)CCC(=O)c1ccc(C)s1. The second-order valence-electron chi connectivity index (χ2n) is 7.23. The van der Waals surface area contributed by atoms with Crippen LogP contribution >= 0.6 is 11.3 Å². The van der Waals surface area contributed by atoms with E-state index in [1.807, 2.05) is 24.0 Å². The maximum absolute atomic E-state index is 12.8. The number of unbranched alkanes of at least 4 members (excludes halogenated alkanes) is 3. The monoisotopic (exact) mass is 394 g/mol. The van der Waals surface area contributed by atoms with E-state index in [0.717, 1.165) is 68.5 Å². The Balaban J connectivity index is 1.81. The fourth-order valence-corrected chi connectivity index (χ4v) is 4.10. The summed E-state index contributed by atoms with van der Waals surface area (Å²) in [6, 6.07) is 3.83. The predicted molar refractivity (Wildman–Crippen MR) is 111 cm³/mol. The third kappa shape index (κ3) is 8.11. The van der Waals surface area contributed by atoms with Crippen molar-refractivity contribution < 1.29 is 14.3 Å². The zero-order chi connectivity index (χ0) is 19.5. The molecule has 6 heteroatoms. The molecule has 0 bridgehead atoms. The van der Waals surface area contributed by atoms with E-state index >= 15 is 0 Å². The lowest BCUT2D eigenvalue weighted by Gasteiger charge is -2.30. The molecule has 5 nitrogen and oxygen atoms in total. The summed E-state index contributed by atoms with van der Waals surface area (Å²) in [6.07, 6.45) is 5.22. The van der Waals surface area contributed by atoms with Crippen LogP contribution in [0.4, 0.5) is 0 Å². The van der Waals surface area contributed by atoms with E-state index in [1.165, 1.54) is 24.2 Å². The van der Waals surface area contributed by atoms with Gasteiger partial charge in [-0.1, -0.05) is 26.2 Å². The molecule has 1 aromatic rings. The van der Waals surface area contributed by atoms with E-state index in [4.69, 9.17) is 4.74 Å². The van der Waals surface area contributed by atoms with Crippen molar-refractivity contribution in [2.75, 3.05) is 45.9 Å². The van der Waals surface area contributed by atoms with Gasteiger partial charge in [0, 0.05) is 50.4 Å². The van der Waals surface area contributed by atoms with Crippen molar-refractivity contribution in [3.05, 3.63) is 21.9 Å². The molecule has 0 saturated carbocycles. The third-order valence-corrected chi connectivity index (χ3v) is 6.05. The Morgan fingerprint density at radius 1 is 1.11 bits per heavy atom. The van der Waals surface area contributed by atoms with Gasteiger partial charge < -0.3 is 9.64 Å². The number of nitrogens with zero attached hydrogens (tertiary/aromatic N) is 2. The molecule has 2 heterocycles. The molecule has 1 aliphatic heterocycles. The predicted octanol–water partition coefficient (Wildman–Crippen LogP) is 3.76. The number of ketones is 1. The highest BCUT2D eigenvalue weighted by atomic mass is 32.1. The smallest absolute Gasteiger partial charge is 0.223 e. The Kier molecular flexibility index (Phi) is 10.0. The largest absolute Gasteiger partial charge is 0.379 e. The summed E-state index contributed by atoms with van der Waals surface area (Å²) in [6.45, 7) is 10.1. The first-order chi connectivity index (χ1) is 13.1. The van der Waals surface area contributed by atoms with Gasteiger partial charge in [0.15, 0.2) is 5.78 Å². The van der Waals surface area contributed by atoms with Crippen molar-refractivity contribution >= 4 is 23.0 Å². The van der Waals surface area contributed by atoms with Gasteiger partial charge >= 0.3 is 0 Å². The number of morpholine rings is 1. The molecule has 1 amide bonds. The quantitative estimate of drug-likeness (QED) is 0.400. The molecule has 1 aromatic heterocycles. The summed E-state index contributed by atoms with van der Waals surface area (Å²) in [5.74, 6) is 0.196. The molecule has 152 valence electrons. The van der Waals surface area contributed by atoms with Crippen LogP contribution in [0.25, 0.3) is 0 Å². The molecule has 0 N–H and O–H groups in total. The van der Waals surface area contributed by atoms with E-state index in [0.29, 0.717) is 12.8 Å². The summed E-state index contributed by atoms with van der Waals surface area (Å²) < 4.78 is 5.40. The van der Waals surface area contributed by atoms with Crippen LogP contribution in [0.15, 0.2) is 12.1 Å². The van der Waals surface area contributed by atoms with Crippen molar-refractivity contribution in [2.24, 2.45) is 0 Å². The lowest BCUT2D eigenvalue weighted by atomic mass is 10.1. The molecule has 0 aliphatic carbocycles. The van der Waals surface area contributed by atoms with E-state index in [1.54, 1.807) is 0 Å². The fraction of sp³-hybridized carbons (Fsp3) is 0.714. The first-order valence-electron chi connectivity index (χ1n) is 10.3. The normalized spacial score (nSPS) is 15.0. The van der Waals surface area contributed by atoms with Gasteiger partial charge in [0.25, 0.3) is 0 Å². The van der Waals surface area contributed by atoms with Crippen LogP contribution in [0.1, 0.15) is 60.0 Å². The fourth-order valence-electron chi connectivity index (χ4n) is 3.26. The van der Waals surface area contributed by atoms with Crippen molar-refractivity contribution in [1.82, 2.24) is 9.80 Å². The van der Waals surface area contributed by atoms with Gasteiger partial charge in [-0.2, -0.15) is 0 Å². The average Bonchev–Trinajstić information content (AvgIpc) is 3.12. The number of hydrogen-bond donors (Lipinski definition) is 0. The van der Waals surface area contributed by atoms with Crippen molar-refractivity contribution in [3.8, 4) is 0 Å². The van der Waals surface area contributed by atoms with Crippen LogP contribution in [0, 0.1) is 6.92 Å². The maximum atomic E-state index is 12.8. The number of carbonyl (C=O) groups excluding carboxylic acids is 2. The van der Waals surface area contributed by atoms with Crippen LogP contribution in [-0.2, 0) is 9.53 Å². The summed E-state index contributed by atoms with van der Waals surface area (Å²) in [7, 11) is 0. The van der Waals surface area contributed by atoms with Gasteiger partial charge in [-0.05, 0) is 25.5 Å². The van der Waals surface area contributed by atoms with Crippen molar-refractivity contribution in [1.29, 1.82) is 0 Å². The lowest BCUT2D eigenvalue weighted by Crippen LogP contribution is -2.43.